The number of aliphatic hydroxyl groups is 1. The number of aliphatic hydroxyl groups excluding tert-OH is 1. The van der Waals surface area contributed by atoms with Crippen LogP contribution < -0.4 is 10.6 Å². The van der Waals surface area contributed by atoms with Gasteiger partial charge in [-0.25, -0.2) is 4.79 Å². The highest BCUT2D eigenvalue weighted by atomic mass is 16.6. The number of amides is 1. The Morgan fingerprint density at radius 1 is 1.23 bits per heavy atom. The number of nitrogens with one attached hydrogen (secondary N) is 2. The van der Waals surface area contributed by atoms with E-state index in [0.717, 1.165) is 13.1 Å². The quantitative estimate of drug-likeness (QED) is 0.535. The highest BCUT2D eigenvalue weighted by Crippen LogP contribution is 2.10. The molecule has 0 aromatic heterocycles. The lowest BCUT2D eigenvalue weighted by atomic mass is 9.95. The molecular weight excluding hydrogens is 284 g/mol. The summed E-state index contributed by atoms with van der Waals surface area (Å²) in [6, 6.07) is 0. The average Bonchev–Trinajstić information content (AvgIpc) is 2.35. The fourth-order valence-electron chi connectivity index (χ4n) is 1.90. The Hall–Kier alpha value is -0.850. The SMILES string of the molecule is COCC(O)CCNCC(CNC(=O)OC(C)(C)C)C(C)C. The Morgan fingerprint density at radius 2 is 1.86 bits per heavy atom. The Kier molecular flexibility index (Phi) is 10.4. The third-order valence-corrected chi connectivity index (χ3v) is 3.27. The zero-order valence-electron chi connectivity index (χ0n) is 14.9. The molecule has 3 N–H and O–H groups in total. The number of ether oxygens (including phenoxy) is 2. The van der Waals surface area contributed by atoms with E-state index in [2.05, 4.69) is 24.5 Å². The molecule has 2 atom stereocenters. The van der Waals surface area contributed by atoms with Gasteiger partial charge in [-0.15, -0.1) is 0 Å². The fourth-order valence-corrected chi connectivity index (χ4v) is 1.90. The van der Waals surface area contributed by atoms with Gasteiger partial charge >= 0.3 is 6.09 Å². The Morgan fingerprint density at radius 3 is 2.36 bits per heavy atom. The molecule has 0 saturated carbocycles. The largest absolute Gasteiger partial charge is 0.444 e. The Bertz CT molecular complexity index is 303. The molecule has 0 radical (unpaired) electrons. The van der Waals surface area contributed by atoms with E-state index in [1.54, 1.807) is 7.11 Å². The predicted molar refractivity (Wildman–Crippen MR) is 87.9 cm³/mol. The first-order valence-corrected chi connectivity index (χ1v) is 8.00. The summed E-state index contributed by atoms with van der Waals surface area (Å²) in [6.07, 6.45) is -0.165. The van der Waals surface area contributed by atoms with Crippen molar-refractivity contribution in [2.75, 3.05) is 33.4 Å². The van der Waals surface area contributed by atoms with Gasteiger partial charge in [-0.05, 0) is 52.1 Å². The molecule has 1 amide bonds. The van der Waals surface area contributed by atoms with Crippen LogP contribution in [0.1, 0.15) is 41.0 Å². The second-order valence-corrected chi connectivity index (χ2v) is 6.99. The molecule has 0 heterocycles. The van der Waals surface area contributed by atoms with E-state index in [1.165, 1.54) is 0 Å². The van der Waals surface area contributed by atoms with Crippen LogP contribution in [0.2, 0.25) is 0 Å². The van der Waals surface area contributed by atoms with Gasteiger partial charge in [0.2, 0.25) is 0 Å². The zero-order chi connectivity index (χ0) is 17.2. The van der Waals surface area contributed by atoms with Crippen LogP contribution in [0.5, 0.6) is 0 Å². The lowest BCUT2D eigenvalue weighted by molar-refractivity contribution is 0.0514. The maximum atomic E-state index is 11.7. The Balaban J connectivity index is 3.99. The topological polar surface area (TPSA) is 79.8 Å². The zero-order valence-corrected chi connectivity index (χ0v) is 14.9. The summed E-state index contributed by atoms with van der Waals surface area (Å²) in [5.74, 6) is 0.749. The third kappa shape index (κ3) is 11.8. The van der Waals surface area contributed by atoms with E-state index in [-0.39, 0.29) is 6.09 Å². The number of carbonyl (C=O) groups is 1. The van der Waals surface area contributed by atoms with Crippen molar-refractivity contribution in [3.63, 3.8) is 0 Å². The molecule has 22 heavy (non-hydrogen) atoms. The summed E-state index contributed by atoms with van der Waals surface area (Å²) in [6.45, 7) is 12.2. The summed E-state index contributed by atoms with van der Waals surface area (Å²) in [5.41, 5.74) is -0.479. The number of methoxy groups -OCH3 is 1. The van der Waals surface area contributed by atoms with E-state index < -0.39 is 11.7 Å². The molecule has 6 heteroatoms. The van der Waals surface area contributed by atoms with Crippen LogP contribution in [0.25, 0.3) is 0 Å². The Labute approximate surface area is 134 Å². The molecule has 0 aliphatic carbocycles. The van der Waals surface area contributed by atoms with Crippen LogP contribution in [-0.4, -0.2) is 56.3 Å². The molecule has 0 aromatic rings. The molecule has 0 rings (SSSR count). The minimum atomic E-state index is -0.479. The lowest BCUT2D eigenvalue weighted by Gasteiger charge is -2.24. The number of alkyl carbamates (subject to hydrolysis) is 1. The van der Waals surface area contributed by atoms with Gasteiger partial charge in [0, 0.05) is 13.7 Å². The minimum Gasteiger partial charge on any atom is -0.444 e. The fraction of sp³-hybridized carbons (Fsp3) is 0.938. The van der Waals surface area contributed by atoms with Gasteiger partial charge < -0.3 is 25.2 Å². The molecular formula is C16H34N2O4. The number of carbonyl (C=O) groups excluding carboxylic acids is 1. The first kappa shape index (κ1) is 21.1. The van der Waals surface area contributed by atoms with Gasteiger partial charge in [0.05, 0.1) is 12.7 Å². The third-order valence-electron chi connectivity index (χ3n) is 3.27. The molecule has 0 aromatic carbocycles. The van der Waals surface area contributed by atoms with Gasteiger partial charge in [0.15, 0.2) is 0 Å². The molecule has 0 saturated heterocycles. The predicted octanol–water partition coefficient (Wildman–Crippen LogP) is 1.77. The van der Waals surface area contributed by atoms with Gasteiger partial charge in [-0.1, -0.05) is 13.8 Å². The van der Waals surface area contributed by atoms with Gasteiger partial charge in [-0.2, -0.15) is 0 Å². The van der Waals surface area contributed by atoms with Crippen molar-refractivity contribution in [3.05, 3.63) is 0 Å². The first-order valence-electron chi connectivity index (χ1n) is 8.00. The standard InChI is InChI=1S/C16H34N2O4/c1-12(2)13(9-17-8-7-14(19)11-21-6)10-18-15(20)22-16(3,4)5/h12-14,17,19H,7-11H2,1-6H3,(H,18,20). The van der Waals surface area contributed by atoms with Crippen LogP contribution in [0.15, 0.2) is 0 Å². The van der Waals surface area contributed by atoms with E-state index in [4.69, 9.17) is 9.47 Å². The molecule has 0 aliphatic heterocycles. The molecule has 6 nitrogen and oxygen atoms in total. The van der Waals surface area contributed by atoms with Crippen molar-refractivity contribution in [1.82, 2.24) is 10.6 Å². The van der Waals surface area contributed by atoms with E-state index >= 15 is 0 Å². The van der Waals surface area contributed by atoms with Crippen LogP contribution in [0.3, 0.4) is 0 Å². The van der Waals surface area contributed by atoms with Crippen molar-refractivity contribution in [2.24, 2.45) is 11.8 Å². The number of hydrogen-bond donors (Lipinski definition) is 3. The normalized spacial score (nSPS) is 14.7. The monoisotopic (exact) mass is 318 g/mol. The highest BCUT2D eigenvalue weighted by Gasteiger charge is 2.19. The van der Waals surface area contributed by atoms with Gasteiger partial charge in [0.1, 0.15) is 5.60 Å². The molecule has 0 spiro atoms. The molecule has 0 fully saturated rings. The molecule has 2 unspecified atom stereocenters. The van der Waals surface area contributed by atoms with E-state index in [0.29, 0.717) is 31.4 Å². The van der Waals surface area contributed by atoms with E-state index in [1.807, 2.05) is 20.8 Å². The van der Waals surface area contributed by atoms with Crippen LogP contribution in [-0.2, 0) is 9.47 Å². The maximum Gasteiger partial charge on any atom is 0.407 e. The van der Waals surface area contributed by atoms with Crippen molar-refractivity contribution < 1.29 is 19.4 Å². The van der Waals surface area contributed by atoms with Crippen LogP contribution in [0.4, 0.5) is 4.79 Å². The number of rotatable bonds is 10. The van der Waals surface area contributed by atoms with Gasteiger partial charge in [0.25, 0.3) is 0 Å². The van der Waals surface area contributed by atoms with Crippen molar-refractivity contribution >= 4 is 6.09 Å². The van der Waals surface area contributed by atoms with Crippen LogP contribution >= 0.6 is 0 Å². The lowest BCUT2D eigenvalue weighted by Crippen LogP contribution is -2.40. The summed E-state index contributed by atoms with van der Waals surface area (Å²) in [5, 5.41) is 15.7. The summed E-state index contributed by atoms with van der Waals surface area (Å²) in [4.78, 5) is 11.7. The summed E-state index contributed by atoms with van der Waals surface area (Å²) in [7, 11) is 1.58. The van der Waals surface area contributed by atoms with E-state index in [9.17, 15) is 9.90 Å². The average molecular weight is 318 g/mol. The van der Waals surface area contributed by atoms with Gasteiger partial charge in [-0.3, -0.25) is 0 Å². The van der Waals surface area contributed by atoms with Crippen molar-refractivity contribution in [2.45, 2.75) is 52.7 Å². The smallest absolute Gasteiger partial charge is 0.407 e. The summed E-state index contributed by atoms with van der Waals surface area (Å²) >= 11 is 0. The molecule has 0 aliphatic rings. The molecule has 0 bridgehead atoms. The van der Waals surface area contributed by atoms with Crippen LogP contribution in [0, 0.1) is 11.8 Å². The summed E-state index contributed by atoms with van der Waals surface area (Å²) < 4.78 is 10.1. The number of hydrogen-bond acceptors (Lipinski definition) is 5. The van der Waals surface area contributed by atoms with Crippen molar-refractivity contribution in [1.29, 1.82) is 0 Å². The second-order valence-electron chi connectivity index (χ2n) is 6.99. The maximum absolute atomic E-state index is 11.7. The second kappa shape index (κ2) is 10.8. The molecule has 132 valence electrons. The minimum absolute atomic E-state index is 0.312. The first-order chi connectivity index (χ1) is 10.2. The highest BCUT2D eigenvalue weighted by molar-refractivity contribution is 5.67. The van der Waals surface area contributed by atoms with Crippen molar-refractivity contribution in [3.8, 4) is 0 Å².